The van der Waals surface area contributed by atoms with Crippen molar-refractivity contribution in [2.75, 3.05) is 26.4 Å². The molecule has 2 N–H and O–H groups in total. The largest absolute Gasteiger partial charge is 0.472 e. The molecule has 0 spiro atoms. The molecule has 11 nitrogen and oxygen atoms in total. The van der Waals surface area contributed by atoms with Crippen molar-refractivity contribution in [1.82, 2.24) is 0 Å². The number of allylic oxidation sites excluding steroid dienone is 16. The van der Waals surface area contributed by atoms with E-state index in [0.29, 0.717) is 25.7 Å². The minimum atomic E-state index is -4.76. The Hall–Kier alpha value is -3.60. The van der Waals surface area contributed by atoms with Crippen LogP contribution in [0.15, 0.2) is 97.2 Å². The molecule has 3 atom stereocenters. The maximum Gasteiger partial charge on any atom is 0.472 e. The summed E-state index contributed by atoms with van der Waals surface area (Å²) in [5.74, 6) is -1.58. The Bertz CT molecular complexity index is 1480. The van der Waals surface area contributed by atoms with Gasteiger partial charge in [0.2, 0.25) is 0 Å². The lowest BCUT2D eigenvalue weighted by Crippen LogP contribution is -2.30. The van der Waals surface area contributed by atoms with E-state index in [2.05, 4.69) is 112 Å². The van der Waals surface area contributed by atoms with Gasteiger partial charge < -0.3 is 24.2 Å². The first-order valence-electron chi connectivity index (χ1n) is 25.1. The van der Waals surface area contributed by atoms with Crippen molar-refractivity contribution in [3.63, 3.8) is 0 Å². The number of phosphoric acid groups is 1. The van der Waals surface area contributed by atoms with E-state index < -0.39 is 57.8 Å². The molecule has 0 aromatic carbocycles. The number of hydrogen-bond acceptors (Lipinski definition) is 10. The number of esters is 3. The van der Waals surface area contributed by atoms with Crippen LogP contribution in [0.25, 0.3) is 0 Å². The topological polar surface area (TPSA) is 155 Å². The first-order chi connectivity index (χ1) is 32.2. The molecule has 0 radical (unpaired) electrons. The molecule has 0 rings (SSSR count). The van der Waals surface area contributed by atoms with Gasteiger partial charge in [0.05, 0.1) is 19.8 Å². The third-order valence-electron chi connectivity index (χ3n) is 10.0. The zero-order valence-electron chi connectivity index (χ0n) is 41.1. The van der Waals surface area contributed by atoms with Crippen molar-refractivity contribution >= 4 is 25.7 Å². The number of rotatable bonds is 45. The first-order valence-corrected chi connectivity index (χ1v) is 26.6. The van der Waals surface area contributed by atoms with Gasteiger partial charge in [-0.1, -0.05) is 176 Å². The quantitative estimate of drug-likeness (QED) is 0.0197. The highest BCUT2D eigenvalue weighted by molar-refractivity contribution is 7.47. The van der Waals surface area contributed by atoms with Gasteiger partial charge in [-0.15, -0.1) is 0 Å². The number of hydrogen-bond donors (Lipinski definition) is 2. The Morgan fingerprint density at radius 2 is 0.803 bits per heavy atom. The van der Waals surface area contributed by atoms with E-state index in [1.165, 1.54) is 32.1 Å². The van der Waals surface area contributed by atoms with E-state index >= 15 is 0 Å². The van der Waals surface area contributed by atoms with Crippen LogP contribution in [0.1, 0.15) is 188 Å². The summed E-state index contributed by atoms with van der Waals surface area (Å²) in [4.78, 5) is 48.2. The van der Waals surface area contributed by atoms with Crippen molar-refractivity contribution in [1.29, 1.82) is 0 Å². The second-order valence-corrected chi connectivity index (χ2v) is 17.7. The molecule has 0 aromatic heterocycles. The fourth-order valence-electron chi connectivity index (χ4n) is 6.23. The zero-order valence-corrected chi connectivity index (χ0v) is 42.0. The molecule has 0 aliphatic carbocycles. The van der Waals surface area contributed by atoms with Crippen molar-refractivity contribution in [3.8, 4) is 0 Å². The summed E-state index contributed by atoms with van der Waals surface area (Å²) in [7, 11) is -4.76. The molecule has 0 aliphatic heterocycles. The molecule has 66 heavy (non-hydrogen) atoms. The van der Waals surface area contributed by atoms with Gasteiger partial charge in [0.1, 0.15) is 12.7 Å². The van der Waals surface area contributed by atoms with Gasteiger partial charge in [-0.05, 0) is 89.9 Å². The van der Waals surface area contributed by atoms with Gasteiger partial charge in [-0.2, -0.15) is 0 Å². The Morgan fingerprint density at radius 3 is 1.26 bits per heavy atom. The van der Waals surface area contributed by atoms with Crippen molar-refractivity contribution < 1.29 is 52.2 Å². The van der Waals surface area contributed by atoms with Gasteiger partial charge in [0, 0.05) is 19.3 Å². The van der Waals surface area contributed by atoms with Crippen LogP contribution in [0.2, 0.25) is 0 Å². The molecule has 12 heteroatoms. The molecule has 0 heterocycles. The molecule has 0 amide bonds. The molecule has 0 bridgehead atoms. The highest BCUT2D eigenvalue weighted by Crippen LogP contribution is 2.43. The lowest BCUT2D eigenvalue weighted by molar-refractivity contribution is -0.161. The number of carbonyl (C=O) groups excluding carboxylic acids is 3. The Morgan fingerprint density at radius 1 is 0.439 bits per heavy atom. The molecule has 0 saturated heterocycles. The Labute approximate surface area is 400 Å². The molecule has 0 saturated carbocycles. The van der Waals surface area contributed by atoms with Gasteiger partial charge >= 0.3 is 25.7 Å². The fraction of sp³-hybridized carbons (Fsp3) is 0.648. The van der Waals surface area contributed by atoms with Crippen LogP contribution in [0.5, 0.6) is 0 Å². The monoisotopic (exact) mass is 945 g/mol. The number of ether oxygens (including phenoxy) is 3. The van der Waals surface area contributed by atoms with Crippen molar-refractivity contribution in [2.45, 2.75) is 200 Å². The summed E-state index contributed by atoms with van der Waals surface area (Å²) in [6.07, 6.45) is 54.0. The Kier molecular flexibility index (Phi) is 45.3. The van der Waals surface area contributed by atoms with E-state index in [0.717, 1.165) is 89.9 Å². The predicted octanol–water partition coefficient (Wildman–Crippen LogP) is 14.1. The number of aliphatic hydroxyl groups is 1. The maximum absolute atomic E-state index is 12.8. The standard InChI is InChI=1S/C54H89O11P/c1-4-7-10-13-16-19-21-23-24-25-26-28-29-32-34-37-40-43-52(56)61-47-51(65-54(58)45-42-39-36-33-30-27-22-20-17-14-11-8-5-2)49-63-66(59,60)62-48-50(46-55)64-53(57)44-41-38-35-31-18-15-12-9-6-3/h7-8,10-11,16-17,19-20,23-24,26-28,30,32,34,50-51,55H,4-6,9,12-15,18,21-22,25,29,31,33,35-49H2,1-3H3,(H,59,60)/b10-7-,11-8-,19-16-,20-17-,24-23-,28-26-,30-27-,34-32-. The average Bonchev–Trinajstić information content (AvgIpc) is 3.30. The van der Waals surface area contributed by atoms with E-state index in [1.54, 1.807) is 0 Å². The van der Waals surface area contributed by atoms with Crippen LogP contribution in [0, 0.1) is 0 Å². The highest BCUT2D eigenvalue weighted by Gasteiger charge is 2.28. The van der Waals surface area contributed by atoms with E-state index in [4.69, 9.17) is 23.3 Å². The predicted molar refractivity (Wildman–Crippen MR) is 270 cm³/mol. The number of aliphatic hydroxyl groups excluding tert-OH is 1. The van der Waals surface area contributed by atoms with E-state index in [1.807, 2.05) is 6.08 Å². The summed E-state index contributed by atoms with van der Waals surface area (Å²) in [6, 6.07) is 0. The Balaban J connectivity index is 4.89. The third kappa shape index (κ3) is 45.6. The average molecular weight is 945 g/mol. The summed E-state index contributed by atoms with van der Waals surface area (Å²) in [6.45, 7) is 4.25. The molecular weight excluding hydrogens is 856 g/mol. The van der Waals surface area contributed by atoms with Gasteiger partial charge in [-0.25, -0.2) is 4.57 Å². The lowest BCUT2D eigenvalue weighted by atomic mass is 10.1. The van der Waals surface area contributed by atoms with Crippen LogP contribution >= 0.6 is 7.82 Å². The molecule has 0 fully saturated rings. The molecule has 3 unspecified atom stereocenters. The fourth-order valence-corrected chi connectivity index (χ4v) is 7.01. The van der Waals surface area contributed by atoms with Gasteiger partial charge in [0.25, 0.3) is 0 Å². The van der Waals surface area contributed by atoms with Crippen molar-refractivity contribution in [3.05, 3.63) is 97.2 Å². The van der Waals surface area contributed by atoms with Crippen LogP contribution < -0.4 is 0 Å². The van der Waals surface area contributed by atoms with Gasteiger partial charge in [0.15, 0.2) is 6.10 Å². The normalized spacial score (nSPS) is 14.3. The minimum absolute atomic E-state index is 0.116. The van der Waals surface area contributed by atoms with Crippen LogP contribution in [-0.2, 0) is 42.2 Å². The second-order valence-electron chi connectivity index (χ2n) is 16.2. The van der Waals surface area contributed by atoms with Gasteiger partial charge in [-0.3, -0.25) is 23.4 Å². The maximum atomic E-state index is 12.8. The van der Waals surface area contributed by atoms with Crippen molar-refractivity contribution in [2.24, 2.45) is 0 Å². The number of phosphoric ester groups is 1. The minimum Gasteiger partial charge on any atom is -0.462 e. The summed E-state index contributed by atoms with van der Waals surface area (Å²) < 4.78 is 39.2. The lowest BCUT2D eigenvalue weighted by Gasteiger charge is -2.21. The first kappa shape index (κ1) is 62.4. The van der Waals surface area contributed by atoms with Crippen LogP contribution in [0.4, 0.5) is 0 Å². The second kappa shape index (κ2) is 47.9. The molecule has 0 aliphatic rings. The molecule has 0 aromatic rings. The van der Waals surface area contributed by atoms with E-state index in [9.17, 15) is 28.9 Å². The molecule has 376 valence electrons. The number of carbonyl (C=O) groups is 3. The third-order valence-corrected chi connectivity index (χ3v) is 11.0. The summed E-state index contributed by atoms with van der Waals surface area (Å²) >= 11 is 0. The summed E-state index contributed by atoms with van der Waals surface area (Å²) in [5.41, 5.74) is 0. The van der Waals surface area contributed by atoms with Crippen LogP contribution in [0.3, 0.4) is 0 Å². The van der Waals surface area contributed by atoms with E-state index in [-0.39, 0.29) is 25.9 Å². The van der Waals surface area contributed by atoms with Crippen LogP contribution in [-0.4, -0.2) is 66.5 Å². The molecular formula is C54H89O11P. The number of unbranched alkanes of at least 4 members (excludes halogenated alkanes) is 12. The SMILES string of the molecule is CC/C=C\C/C=C\C/C=C\C/C=C\C/C=C\CCCC(=O)OCC(COP(=O)(O)OCC(CO)OC(=O)CCCCCCCCCCC)OC(=O)CCCCC/C=C\C/C=C\C/C=C\CC. The smallest absolute Gasteiger partial charge is 0.462 e. The summed E-state index contributed by atoms with van der Waals surface area (Å²) in [5, 5.41) is 9.73. The zero-order chi connectivity index (χ0) is 48.4. The highest BCUT2D eigenvalue weighted by atomic mass is 31.2.